The van der Waals surface area contributed by atoms with E-state index in [-0.39, 0.29) is 22.8 Å². The topological polar surface area (TPSA) is 98.9 Å². The smallest absolute Gasteiger partial charge is 0.176 e. The van der Waals surface area contributed by atoms with E-state index in [1.54, 1.807) is 0 Å². The fourth-order valence-electron chi connectivity index (χ4n) is 1.58. The van der Waals surface area contributed by atoms with Crippen molar-refractivity contribution in [1.82, 2.24) is 0 Å². The molecule has 0 heterocycles. The first-order valence-corrected chi connectivity index (χ1v) is 7.08. The van der Waals surface area contributed by atoms with Crippen LogP contribution >= 0.6 is 0 Å². The average molecular weight is 275 g/mol. The summed E-state index contributed by atoms with van der Waals surface area (Å²) in [7, 11) is -0.664. The van der Waals surface area contributed by atoms with Gasteiger partial charge in [0.05, 0.1) is 25.2 Å². The van der Waals surface area contributed by atoms with Crippen molar-refractivity contribution in [2.24, 2.45) is 5.73 Å². The Hall–Kier alpha value is -1.31. The van der Waals surface area contributed by atoms with Crippen LogP contribution in [0, 0.1) is 0 Å². The second-order valence-electron chi connectivity index (χ2n) is 3.77. The van der Waals surface area contributed by atoms with Crippen molar-refractivity contribution in [3.63, 3.8) is 0 Å². The third-order valence-corrected chi connectivity index (χ3v) is 3.65. The third-order valence-electron chi connectivity index (χ3n) is 2.50. The summed E-state index contributed by atoms with van der Waals surface area (Å²) in [5.74, 6) is 0.623. The number of hydrogen-bond acceptors (Lipinski definition) is 6. The van der Waals surface area contributed by atoms with Crippen molar-refractivity contribution in [2.75, 3.05) is 27.0 Å². The van der Waals surface area contributed by atoms with Crippen molar-refractivity contribution < 1.29 is 23.0 Å². The third kappa shape index (κ3) is 2.92. The molecule has 1 atom stereocenters. The minimum absolute atomic E-state index is 0.0156. The lowest BCUT2D eigenvalue weighted by atomic mass is 10.1. The quantitative estimate of drug-likeness (QED) is 0.790. The Morgan fingerprint density at radius 2 is 1.78 bits per heavy atom. The van der Waals surface area contributed by atoms with Crippen LogP contribution in [0.1, 0.15) is 11.7 Å². The van der Waals surface area contributed by atoms with Crippen LogP contribution in [0.25, 0.3) is 0 Å². The zero-order chi connectivity index (χ0) is 13.9. The molecule has 0 radical (unpaired) electrons. The van der Waals surface area contributed by atoms with E-state index in [2.05, 4.69) is 0 Å². The molecule has 0 saturated heterocycles. The molecule has 6 nitrogen and oxygen atoms in total. The van der Waals surface area contributed by atoms with Gasteiger partial charge >= 0.3 is 0 Å². The van der Waals surface area contributed by atoms with Crippen LogP contribution < -0.4 is 15.2 Å². The number of benzene rings is 1. The zero-order valence-corrected chi connectivity index (χ0v) is 11.3. The summed E-state index contributed by atoms with van der Waals surface area (Å²) in [6.07, 6.45) is -0.0180. The molecule has 0 aromatic heterocycles. The first-order valence-electron chi connectivity index (χ1n) is 5.19. The number of aliphatic hydroxyl groups is 1. The minimum atomic E-state index is -3.50. The predicted molar refractivity (Wildman–Crippen MR) is 66.7 cm³/mol. The molecule has 18 heavy (non-hydrogen) atoms. The molecule has 0 bridgehead atoms. The number of aliphatic hydroxyl groups excluding tert-OH is 1. The Morgan fingerprint density at radius 3 is 2.17 bits per heavy atom. The maximum atomic E-state index is 11.7. The lowest BCUT2D eigenvalue weighted by Gasteiger charge is -2.16. The standard InChI is InChI=1S/C11H17NO5S/c1-16-9-4-7(8(13)6-12)11(18(3,14)15)5-10(9)17-2/h4-5,8,13H,6,12H2,1-3H3. The van der Waals surface area contributed by atoms with Gasteiger partial charge in [-0.05, 0) is 6.07 Å². The molecular formula is C11H17NO5S. The van der Waals surface area contributed by atoms with E-state index in [1.165, 1.54) is 26.4 Å². The average Bonchev–Trinajstić information content (AvgIpc) is 2.34. The molecule has 0 aliphatic rings. The molecule has 0 aliphatic heterocycles. The fraction of sp³-hybridized carbons (Fsp3) is 0.455. The first-order chi connectivity index (χ1) is 8.35. The summed E-state index contributed by atoms with van der Waals surface area (Å²) in [6.45, 7) is -0.0853. The Bertz CT molecular complexity index is 526. The van der Waals surface area contributed by atoms with Crippen LogP contribution in [0.15, 0.2) is 17.0 Å². The van der Waals surface area contributed by atoms with E-state index in [0.29, 0.717) is 5.75 Å². The van der Waals surface area contributed by atoms with Crippen LogP contribution in [0.5, 0.6) is 11.5 Å². The van der Waals surface area contributed by atoms with Gasteiger partial charge in [-0.25, -0.2) is 8.42 Å². The number of nitrogens with two attached hydrogens (primary N) is 1. The molecule has 1 aromatic rings. The summed E-state index contributed by atoms with van der Waals surface area (Å²) in [6, 6.07) is 2.75. The summed E-state index contributed by atoms with van der Waals surface area (Å²) in [4.78, 5) is -0.0156. The van der Waals surface area contributed by atoms with E-state index in [1.807, 2.05) is 0 Å². The van der Waals surface area contributed by atoms with Gasteiger partial charge in [0.15, 0.2) is 21.3 Å². The monoisotopic (exact) mass is 275 g/mol. The molecular weight excluding hydrogens is 258 g/mol. The molecule has 0 fully saturated rings. The van der Waals surface area contributed by atoms with Gasteiger partial charge in [0, 0.05) is 24.4 Å². The van der Waals surface area contributed by atoms with Gasteiger partial charge in [0.2, 0.25) is 0 Å². The van der Waals surface area contributed by atoms with Gasteiger partial charge in [0.25, 0.3) is 0 Å². The Kier molecular flexibility index (Phi) is 4.55. The Balaban J connectivity index is 3.56. The summed E-state index contributed by atoms with van der Waals surface area (Å²) < 4.78 is 33.5. The second-order valence-corrected chi connectivity index (χ2v) is 5.75. The summed E-state index contributed by atoms with van der Waals surface area (Å²) in [5.41, 5.74) is 5.57. The fourth-order valence-corrected chi connectivity index (χ4v) is 2.53. The van der Waals surface area contributed by atoms with Crippen molar-refractivity contribution in [1.29, 1.82) is 0 Å². The molecule has 1 rings (SSSR count). The van der Waals surface area contributed by atoms with Crippen LogP contribution in [0.2, 0.25) is 0 Å². The molecule has 1 aromatic carbocycles. The Labute approximate surface area is 106 Å². The van der Waals surface area contributed by atoms with Crippen LogP contribution in [0.4, 0.5) is 0 Å². The largest absolute Gasteiger partial charge is 0.493 e. The van der Waals surface area contributed by atoms with Gasteiger partial charge in [0.1, 0.15) is 0 Å². The molecule has 102 valence electrons. The van der Waals surface area contributed by atoms with Crippen molar-refractivity contribution in [3.8, 4) is 11.5 Å². The summed E-state index contributed by atoms with van der Waals surface area (Å²) in [5, 5.41) is 9.77. The molecule has 1 unspecified atom stereocenters. The molecule has 0 spiro atoms. The highest BCUT2D eigenvalue weighted by Gasteiger charge is 2.22. The highest BCUT2D eigenvalue weighted by atomic mass is 32.2. The second kappa shape index (κ2) is 5.55. The van der Waals surface area contributed by atoms with Crippen LogP contribution in [-0.2, 0) is 9.84 Å². The number of hydrogen-bond donors (Lipinski definition) is 2. The highest BCUT2D eigenvalue weighted by molar-refractivity contribution is 7.90. The van der Waals surface area contributed by atoms with Crippen molar-refractivity contribution >= 4 is 9.84 Å². The first kappa shape index (κ1) is 14.7. The lowest BCUT2D eigenvalue weighted by Crippen LogP contribution is -2.15. The molecule has 0 amide bonds. The number of sulfone groups is 1. The molecule has 0 aliphatic carbocycles. The molecule has 0 saturated carbocycles. The van der Waals surface area contributed by atoms with Crippen LogP contribution in [0.3, 0.4) is 0 Å². The van der Waals surface area contributed by atoms with Gasteiger partial charge in [-0.15, -0.1) is 0 Å². The maximum Gasteiger partial charge on any atom is 0.176 e. The van der Waals surface area contributed by atoms with Crippen molar-refractivity contribution in [2.45, 2.75) is 11.0 Å². The molecule has 3 N–H and O–H groups in total. The Morgan fingerprint density at radius 1 is 1.28 bits per heavy atom. The van der Waals surface area contributed by atoms with Gasteiger partial charge in [-0.1, -0.05) is 0 Å². The van der Waals surface area contributed by atoms with Crippen molar-refractivity contribution in [3.05, 3.63) is 17.7 Å². The molecule has 7 heteroatoms. The lowest BCUT2D eigenvalue weighted by molar-refractivity contribution is 0.183. The van der Waals surface area contributed by atoms with Gasteiger partial charge < -0.3 is 20.3 Å². The number of rotatable bonds is 5. The maximum absolute atomic E-state index is 11.7. The number of ether oxygens (including phenoxy) is 2. The van der Waals surface area contributed by atoms with Crippen LogP contribution in [-0.4, -0.2) is 40.5 Å². The minimum Gasteiger partial charge on any atom is -0.493 e. The number of methoxy groups -OCH3 is 2. The zero-order valence-electron chi connectivity index (χ0n) is 10.5. The summed E-state index contributed by atoms with van der Waals surface area (Å²) >= 11 is 0. The van der Waals surface area contributed by atoms with E-state index < -0.39 is 15.9 Å². The normalized spacial score (nSPS) is 13.2. The van der Waals surface area contributed by atoms with E-state index in [0.717, 1.165) is 6.26 Å². The van der Waals surface area contributed by atoms with E-state index in [9.17, 15) is 13.5 Å². The highest BCUT2D eigenvalue weighted by Crippen LogP contribution is 2.35. The van der Waals surface area contributed by atoms with E-state index >= 15 is 0 Å². The van der Waals surface area contributed by atoms with Gasteiger partial charge in [-0.2, -0.15) is 0 Å². The van der Waals surface area contributed by atoms with Gasteiger partial charge in [-0.3, -0.25) is 0 Å². The SMILES string of the molecule is COc1cc(C(O)CN)c(S(C)(=O)=O)cc1OC. The van der Waals surface area contributed by atoms with E-state index in [4.69, 9.17) is 15.2 Å². The predicted octanol–water partition coefficient (Wildman–Crippen LogP) is 0.0994.